The number of hydrogen-bond acceptors (Lipinski definition) is 3. The van der Waals surface area contributed by atoms with Crippen molar-refractivity contribution in [1.82, 2.24) is 0 Å². The minimum Gasteiger partial charge on any atom is -0.298 e. The molecule has 0 amide bonds. The third-order valence-corrected chi connectivity index (χ3v) is 2.01. The molecule has 0 unspecified atom stereocenters. The van der Waals surface area contributed by atoms with E-state index < -0.39 is 4.92 Å². The maximum absolute atomic E-state index is 10.6. The lowest BCUT2D eigenvalue weighted by Crippen LogP contribution is -1.92. The van der Waals surface area contributed by atoms with Crippen LogP contribution in [0, 0.1) is 17.0 Å². The first-order chi connectivity index (χ1) is 7.04. The van der Waals surface area contributed by atoms with Crippen molar-refractivity contribution in [1.29, 1.82) is 0 Å². The van der Waals surface area contributed by atoms with Crippen molar-refractivity contribution in [2.75, 3.05) is 0 Å². The molecule has 0 aromatic heterocycles. The lowest BCUT2D eigenvalue weighted by atomic mass is 10.1. The minimum absolute atomic E-state index is 0.0717. The van der Waals surface area contributed by atoms with Crippen molar-refractivity contribution in [3.63, 3.8) is 0 Å². The van der Waals surface area contributed by atoms with E-state index >= 15 is 0 Å². The van der Waals surface area contributed by atoms with Gasteiger partial charge in [-0.3, -0.25) is 14.9 Å². The number of carbonyl (C=O) groups is 1. The van der Waals surface area contributed by atoms with Crippen LogP contribution in [0.3, 0.4) is 0 Å². The Morgan fingerprint density at radius 2 is 2.13 bits per heavy atom. The van der Waals surface area contributed by atoms with Crippen LogP contribution in [0.5, 0.6) is 0 Å². The van der Waals surface area contributed by atoms with Crippen LogP contribution in [0.2, 0.25) is 0 Å². The van der Waals surface area contributed by atoms with Gasteiger partial charge in [0.05, 0.1) is 4.92 Å². The average Bonchev–Trinajstić information content (AvgIpc) is 2.20. The minimum atomic E-state index is -0.428. The highest BCUT2D eigenvalue weighted by Crippen LogP contribution is 2.20. The van der Waals surface area contributed by atoms with Gasteiger partial charge in [0.15, 0.2) is 0 Å². The van der Waals surface area contributed by atoms with E-state index in [0.29, 0.717) is 23.0 Å². The Kier molecular flexibility index (Phi) is 3.33. The van der Waals surface area contributed by atoms with Crippen LogP contribution in [-0.4, -0.2) is 11.2 Å². The van der Waals surface area contributed by atoms with E-state index in [0.717, 1.165) is 0 Å². The van der Waals surface area contributed by atoms with Gasteiger partial charge in [0.25, 0.3) is 5.69 Å². The van der Waals surface area contributed by atoms with Gasteiger partial charge in [-0.25, -0.2) is 0 Å². The quantitative estimate of drug-likeness (QED) is 0.329. The molecule has 15 heavy (non-hydrogen) atoms. The van der Waals surface area contributed by atoms with Crippen molar-refractivity contribution in [3.05, 3.63) is 45.0 Å². The number of aryl methyl sites for hydroxylation is 1. The molecule has 0 spiro atoms. The smallest absolute Gasteiger partial charge is 0.272 e. The molecule has 0 aliphatic carbocycles. The molecule has 0 saturated carbocycles. The molecular formula is C11H11NO3. The number of nitro groups is 1. The number of hydrogen-bond donors (Lipinski definition) is 0. The summed E-state index contributed by atoms with van der Waals surface area (Å²) in [6.07, 6.45) is 2.32. The first-order valence-electron chi connectivity index (χ1n) is 4.43. The van der Waals surface area contributed by atoms with Gasteiger partial charge in [0.1, 0.15) is 6.29 Å². The van der Waals surface area contributed by atoms with Crippen LogP contribution in [0.15, 0.2) is 23.8 Å². The largest absolute Gasteiger partial charge is 0.298 e. The van der Waals surface area contributed by atoms with Crippen LogP contribution in [0.25, 0.3) is 6.08 Å². The van der Waals surface area contributed by atoms with Crippen molar-refractivity contribution < 1.29 is 9.72 Å². The van der Waals surface area contributed by atoms with Gasteiger partial charge in [-0.15, -0.1) is 0 Å². The van der Waals surface area contributed by atoms with Gasteiger partial charge in [0, 0.05) is 11.6 Å². The molecule has 1 aromatic carbocycles. The molecule has 0 saturated heterocycles. The Bertz CT molecular complexity index is 435. The summed E-state index contributed by atoms with van der Waals surface area (Å²) in [4.78, 5) is 20.6. The van der Waals surface area contributed by atoms with Crippen molar-refractivity contribution in [3.8, 4) is 0 Å². The number of benzene rings is 1. The molecule has 4 heteroatoms. The first kappa shape index (κ1) is 11.1. The van der Waals surface area contributed by atoms with Crippen molar-refractivity contribution >= 4 is 18.0 Å². The molecular weight excluding hydrogens is 194 g/mol. The summed E-state index contributed by atoms with van der Waals surface area (Å²) in [5.41, 5.74) is 1.88. The van der Waals surface area contributed by atoms with Gasteiger partial charge in [-0.2, -0.15) is 0 Å². The summed E-state index contributed by atoms with van der Waals surface area (Å²) in [5.74, 6) is 0. The van der Waals surface area contributed by atoms with Crippen molar-refractivity contribution in [2.45, 2.75) is 13.8 Å². The van der Waals surface area contributed by atoms with E-state index in [-0.39, 0.29) is 5.69 Å². The van der Waals surface area contributed by atoms with Crippen LogP contribution in [0.1, 0.15) is 18.1 Å². The molecule has 1 aromatic rings. The number of nitro benzene ring substituents is 1. The lowest BCUT2D eigenvalue weighted by molar-refractivity contribution is -0.385. The Morgan fingerprint density at radius 1 is 1.47 bits per heavy atom. The molecule has 1 rings (SSSR count). The number of carbonyl (C=O) groups excluding carboxylic acids is 1. The van der Waals surface area contributed by atoms with Gasteiger partial charge >= 0.3 is 0 Å². The maximum Gasteiger partial charge on any atom is 0.272 e. The van der Waals surface area contributed by atoms with E-state index in [2.05, 4.69) is 0 Å². The van der Waals surface area contributed by atoms with Gasteiger partial charge < -0.3 is 0 Å². The Hall–Kier alpha value is -1.97. The molecule has 78 valence electrons. The second-order valence-corrected chi connectivity index (χ2v) is 3.31. The summed E-state index contributed by atoms with van der Waals surface area (Å²) in [5, 5.41) is 10.6. The Balaban J connectivity index is 3.19. The maximum atomic E-state index is 10.6. The third-order valence-electron chi connectivity index (χ3n) is 2.01. The van der Waals surface area contributed by atoms with Gasteiger partial charge in [-0.05, 0) is 31.1 Å². The number of aldehydes is 1. The molecule has 0 aliphatic heterocycles. The number of rotatable bonds is 3. The second kappa shape index (κ2) is 4.50. The zero-order valence-electron chi connectivity index (χ0n) is 8.56. The van der Waals surface area contributed by atoms with Crippen LogP contribution >= 0.6 is 0 Å². The third kappa shape index (κ3) is 2.74. The van der Waals surface area contributed by atoms with E-state index in [1.54, 1.807) is 32.1 Å². The standard InChI is InChI=1S/C11H11NO3/c1-8(7-13)5-10-4-3-9(2)11(6-10)12(14)15/h3-7H,1-2H3. The SMILES string of the molecule is CC(C=O)=Cc1ccc(C)c([N+](=O)[O-])c1. The fourth-order valence-corrected chi connectivity index (χ4v) is 1.21. The number of nitrogens with zero attached hydrogens (tertiary/aromatic N) is 1. The predicted octanol–water partition coefficient (Wildman–Crippen LogP) is 2.51. The molecule has 0 heterocycles. The van der Waals surface area contributed by atoms with Gasteiger partial charge in [-0.1, -0.05) is 12.1 Å². The summed E-state index contributed by atoms with van der Waals surface area (Å²) in [6, 6.07) is 4.87. The van der Waals surface area contributed by atoms with Gasteiger partial charge in [0.2, 0.25) is 0 Å². The molecule has 0 fully saturated rings. The second-order valence-electron chi connectivity index (χ2n) is 3.31. The molecule has 0 atom stereocenters. The fraction of sp³-hybridized carbons (Fsp3) is 0.182. The highest BCUT2D eigenvalue weighted by Gasteiger charge is 2.09. The monoisotopic (exact) mass is 205 g/mol. The molecule has 0 bridgehead atoms. The van der Waals surface area contributed by atoms with E-state index in [1.807, 2.05) is 0 Å². The highest BCUT2D eigenvalue weighted by atomic mass is 16.6. The first-order valence-corrected chi connectivity index (χ1v) is 4.43. The van der Waals surface area contributed by atoms with Crippen LogP contribution in [0.4, 0.5) is 5.69 Å². The summed E-state index contributed by atoms with van der Waals surface area (Å²) >= 11 is 0. The Morgan fingerprint density at radius 3 is 2.67 bits per heavy atom. The topological polar surface area (TPSA) is 60.2 Å². The molecule has 0 aliphatic rings. The summed E-state index contributed by atoms with van der Waals surface area (Å²) in [6.45, 7) is 3.33. The fourth-order valence-electron chi connectivity index (χ4n) is 1.21. The normalized spacial score (nSPS) is 11.2. The summed E-state index contributed by atoms with van der Waals surface area (Å²) in [7, 11) is 0. The van der Waals surface area contributed by atoms with E-state index in [9.17, 15) is 14.9 Å². The van der Waals surface area contributed by atoms with Crippen molar-refractivity contribution in [2.24, 2.45) is 0 Å². The highest BCUT2D eigenvalue weighted by molar-refractivity contribution is 5.81. The lowest BCUT2D eigenvalue weighted by Gasteiger charge is -1.98. The molecule has 4 nitrogen and oxygen atoms in total. The van der Waals surface area contributed by atoms with Crippen LogP contribution in [-0.2, 0) is 4.79 Å². The van der Waals surface area contributed by atoms with E-state index in [1.165, 1.54) is 6.07 Å². The zero-order valence-corrected chi connectivity index (χ0v) is 8.56. The van der Waals surface area contributed by atoms with Crippen LogP contribution < -0.4 is 0 Å². The molecule has 0 radical (unpaired) electrons. The molecule has 0 N–H and O–H groups in total. The Labute approximate surface area is 87.4 Å². The number of allylic oxidation sites excluding steroid dienone is 1. The predicted molar refractivity (Wildman–Crippen MR) is 57.5 cm³/mol. The average molecular weight is 205 g/mol. The summed E-state index contributed by atoms with van der Waals surface area (Å²) < 4.78 is 0. The van der Waals surface area contributed by atoms with E-state index in [4.69, 9.17) is 0 Å². The zero-order chi connectivity index (χ0) is 11.4.